The Balaban J connectivity index is 2.00. The molecule has 1 fully saturated rings. The van der Waals surface area contributed by atoms with Crippen LogP contribution in [0, 0.1) is 0 Å². The van der Waals surface area contributed by atoms with Crippen LogP contribution in [-0.4, -0.2) is 26.4 Å². The summed E-state index contributed by atoms with van der Waals surface area (Å²) in [5.41, 5.74) is 1.39. The average molecular weight is 277 g/mol. The second-order valence-electron chi connectivity index (χ2n) is 5.70. The fourth-order valence-corrected chi connectivity index (χ4v) is 2.84. The Morgan fingerprint density at radius 2 is 1.95 bits per heavy atom. The molecule has 2 rings (SSSR count). The minimum atomic E-state index is 0.0884. The van der Waals surface area contributed by atoms with Gasteiger partial charge in [-0.05, 0) is 56.8 Å². The van der Waals surface area contributed by atoms with Crippen molar-refractivity contribution in [2.75, 3.05) is 20.8 Å². The first-order chi connectivity index (χ1) is 9.73. The molecule has 0 bridgehead atoms. The maximum atomic E-state index is 5.74. The summed E-state index contributed by atoms with van der Waals surface area (Å²) >= 11 is 0. The van der Waals surface area contributed by atoms with E-state index < -0.39 is 0 Å². The van der Waals surface area contributed by atoms with E-state index in [0.717, 1.165) is 25.2 Å². The molecule has 0 radical (unpaired) electrons. The van der Waals surface area contributed by atoms with E-state index in [0.29, 0.717) is 6.04 Å². The van der Waals surface area contributed by atoms with Crippen LogP contribution < -0.4 is 10.1 Å². The van der Waals surface area contributed by atoms with Gasteiger partial charge < -0.3 is 14.8 Å². The predicted octanol–water partition coefficient (Wildman–Crippen LogP) is 3.70. The van der Waals surface area contributed by atoms with E-state index in [1.165, 1.54) is 24.8 Å². The zero-order valence-electron chi connectivity index (χ0n) is 12.9. The maximum Gasteiger partial charge on any atom is 0.119 e. The molecular formula is C17H27NO2. The highest BCUT2D eigenvalue weighted by Gasteiger charge is 2.39. The van der Waals surface area contributed by atoms with Gasteiger partial charge in [-0.3, -0.25) is 0 Å². The smallest absolute Gasteiger partial charge is 0.119 e. The van der Waals surface area contributed by atoms with Crippen LogP contribution in [0.5, 0.6) is 5.75 Å². The molecule has 0 aromatic heterocycles. The van der Waals surface area contributed by atoms with Crippen LogP contribution >= 0.6 is 0 Å². The van der Waals surface area contributed by atoms with Crippen LogP contribution in [0.15, 0.2) is 24.3 Å². The fraction of sp³-hybridized carbons (Fsp3) is 0.647. The van der Waals surface area contributed by atoms with Crippen LogP contribution in [0.2, 0.25) is 0 Å². The third kappa shape index (κ3) is 3.53. The Morgan fingerprint density at radius 1 is 1.25 bits per heavy atom. The number of benzene rings is 1. The summed E-state index contributed by atoms with van der Waals surface area (Å²) in [6, 6.07) is 8.79. The number of hydrogen-bond acceptors (Lipinski definition) is 3. The van der Waals surface area contributed by atoms with Crippen molar-refractivity contribution >= 4 is 0 Å². The summed E-state index contributed by atoms with van der Waals surface area (Å²) < 4.78 is 11.4. The molecule has 1 aromatic carbocycles. The number of rotatable bonds is 8. The molecule has 1 aliphatic carbocycles. The Morgan fingerprint density at radius 3 is 2.40 bits per heavy atom. The van der Waals surface area contributed by atoms with Gasteiger partial charge in [-0.25, -0.2) is 0 Å². The highest BCUT2D eigenvalue weighted by molar-refractivity contribution is 5.29. The molecule has 0 aliphatic heterocycles. The summed E-state index contributed by atoms with van der Waals surface area (Å²) in [7, 11) is 3.86. The number of hydrogen-bond donors (Lipinski definition) is 1. The Hall–Kier alpha value is -1.06. The van der Waals surface area contributed by atoms with Crippen molar-refractivity contribution in [3.05, 3.63) is 29.8 Å². The lowest BCUT2D eigenvalue weighted by Crippen LogP contribution is -2.42. The lowest BCUT2D eigenvalue weighted by Gasteiger charge is -2.43. The van der Waals surface area contributed by atoms with E-state index in [1.807, 2.05) is 14.2 Å². The third-order valence-corrected chi connectivity index (χ3v) is 4.38. The molecule has 112 valence electrons. The Kier molecular flexibility index (Phi) is 5.44. The molecule has 20 heavy (non-hydrogen) atoms. The van der Waals surface area contributed by atoms with Crippen LogP contribution in [-0.2, 0) is 4.74 Å². The maximum absolute atomic E-state index is 5.74. The molecule has 0 saturated heterocycles. The average Bonchev–Trinajstić information content (AvgIpc) is 2.46. The molecule has 0 spiro atoms. The first kappa shape index (κ1) is 15.3. The standard InChI is InChI=1S/C17H27NO2/c1-4-12-20-15-8-6-14(7-9-15)16(18-2)13-17(19-3)10-5-11-17/h6-9,16,18H,4-5,10-13H2,1-3H3. The van der Waals surface area contributed by atoms with Crippen molar-refractivity contribution in [2.24, 2.45) is 0 Å². The minimum Gasteiger partial charge on any atom is -0.494 e. The van der Waals surface area contributed by atoms with Gasteiger partial charge in [0.2, 0.25) is 0 Å². The van der Waals surface area contributed by atoms with Gasteiger partial charge in [0.25, 0.3) is 0 Å². The number of nitrogens with one attached hydrogen (secondary N) is 1. The number of methoxy groups -OCH3 is 1. The molecule has 1 saturated carbocycles. The van der Waals surface area contributed by atoms with Crippen molar-refractivity contribution in [3.8, 4) is 5.75 Å². The molecule has 3 heteroatoms. The van der Waals surface area contributed by atoms with Gasteiger partial charge in [-0.1, -0.05) is 19.1 Å². The van der Waals surface area contributed by atoms with Gasteiger partial charge in [0.1, 0.15) is 5.75 Å². The topological polar surface area (TPSA) is 30.5 Å². The van der Waals surface area contributed by atoms with Crippen LogP contribution in [0.25, 0.3) is 0 Å². The lowest BCUT2D eigenvalue weighted by molar-refractivity contribution is -0.0834. The highest BCUT2D eigenvalue weighted by Crippen LogP contribution is 2.41. The van der Waals surface area contributed by atoms with Crippen LogP contribution in [0.1, 0.15) is 50.6 Å². The molecule has 1 unspecified atom stereocenters. The van der Waals surface area contributed by atoms with Crippen molar-refractivity contribution in [3.63, 3.8) is 0 Å². The largest absolute Gasteiger partial charge is 0.494 e. The normalized spacial score (nSPS) is 18.4. The van der Waals surface area contributed by atoms with E-state index in [2.05, 4.69) is 36.5 Å². The molecule has 0 amide bonds. The summed E-state index contributed by atoms with van der Waals surface area (Å²) in [5, 5.41) is 3.42. The molecule has 0 heterocycles. The van der Waals surface area contributed by atoms with Crippen LogP contribution in [0.3, 0.4) is 0 Å². The van der Waals surface area contributed by atoms with Crippen molar-refractivity contribution < 1.29 is 9.47 Å². The number of ether oxygens (including phenoxy) is 2. The summed E-state index contributed by atoms with van der Waals surface area (Å²) in [6.07, 6.45) is 5.72. The first-order valence-electron chi connectivity index (χ1n) is 7.68. The van der Waals surface area contributed by atoms with Gasteiger partial charge in [0.05, 0.1) is 12.2 Å². The van der Waals surface area contributed by atoms with Gasteiger partial charge in [-0.15, -0.1) is 0 Å². The molecule has 3 nitrogen and oxygen atoms in total. The molecule has 1 aliphatic rings. The van der Waals surface area contributed by atoms with E-state index >= 15 is 0 Å². The Labute approximate surface area is 122 Å². The predicted molar refractivity (Wildman–Crippen MR) is 82.2 cm³/mol. The van der Waals surface area contributed by atoms with Crippen LogP contribution in [0.4, 0.5) is 0 Å². The summed E-state index contributed by atoms with van der Waals surface area (Å²) in [6.45, 7) is 2.90. The van der Waals surface area contributed by atoms with Gasteiger partial charge in [-0.2, -0.15) is 0 Å². The van der Waals surface area contributed by atoms with Gasteiger partial charge >= 0.3 is 0 Å². The quantitative estimate of drug-likeness (QED) is 0.786. The lowest BCUT2D eigenvalue weighted by atomic mass is 9.74. The molecular weight excluding hydrogens is 250 g/mol. The van der Waals surface area contributed by atoms with Crippen molar-refractivity contribution in [2.45, 2.75) is 50.7 Å². The second kappa shape index (κ2) is 7.09. The van der Waals surface area contributed by atoms with E-state index in [-0.39, 0.29) is 5.60 Å². The second-order valence-corrected chi connectivity index (χ2v) is 5.70. The highest BCUT2D eigenvalue weighted by atomic mass is 16.5. The Bertz CT molecular complexity index is 392. The summed E-state index contributed by atoms with van der Waals surface area (Å²) in [4.78, 5) is 0. The van der Waals surface area contributed by atoms with Crippen molar-refractivity contribution in [1.82, 2.24) is 5.32 Å². The fourth-order valence-electron chi connectivity index (χ4n) is 2.84. The van der Waals surface area contributed by atoms with Gasteiger partial charge in [0.15, 0.2) is 0 Å². The zero-order chi connectivity index (χ0) is 14.4. The van der Waals surface area contributed by atoms with E-state index in [9.17, 15) is 0 Å². The monoisotopic (exact) mass is 277 g/mol. The molecule has 1 atom stereocenters. The van der Waals surface area contributed by atoms with E-state index in [1.54, 1.807) is 0 Å². The zero-order valence-corrected chi connectivity index (χ0v) is 12.9. The van der Waals surface area contributed by atoms with Gasteiger partial charge in [0, 0.05) is 13.2 Å². The SMILES string of the molecule is CCCOc1ccc(C(CC2(OC)CCC2)NC)cc1. The first-order valence-corrected chi connectivity index (χ1v) is 7.68. The minimum absolute atomic E-state index is 0.0884. The third-order valence-electron chi connectivity index (χ3n) is 4.38. The molecule has 1 N–H and O–H groups in total. The van der Waals surface area contributed by atoms with Crippen molar-refractivity contribution in [1.29, 1.82) is 0 Å². The van der Waals surface area contributed by atoms with E-state index in [4.69, 9.17) is 9.47 Å². The molecule has 1 aromatic rings. The summed E-state index contributed by atoms with van der Waals surface area (Å²) in [5.74, 6) is 0.954.